The summed E-state index contributed by atoms with van der Waals surface area (Å²) in [5, 5.41) is 5.68. The fraction of sp³-hybridized carbons (Fsp3) is 0.593. The lowest BCUT2D eigenvalue weighted by Crippen LogP contribution is -2.32. The summed E-state index contributed by atoms with van der Waals surface area (Å²) < 4.78 is 33.2. The maximum Gasteiger partial charge on any atom is 0.278 e. The van der Waals surface area contributed by atoms with Crippen LogP contribution in [-0.2, 0) is 20.0 Å². The number of benzene rings is 1. The molecule has 0 N–H and O–H groups in total. The number of halogens is 2. The van der Waals surface area contributed by atoms with Crippen LogP contribution in [0.1, 0.15) is 66.4 Å². The lowest BCUT2D eigenvalue weighted by Gasteiger charge is -2.31. The minimum absolute atomic E-state index is 0.228. The number of aromatic nitrogens is 3. The molecule has 0 saturated heterocycles. The van der Waals surface area contributed by atoms with Crippen LogP contribution < -0.4 is 4.74 Å². The van der Waals surface area contributed by atoms with Crippen molar-refractivity contribution in [3.8, 4) is 5.19 Å². The first-order chi connectivity index (χ1) is 17.2. The summed E-state index contributed by atoms with van der Waals surface area (Å²) in [6.07, 6.45) is 9.05. The molecule has 9 heteroatoms. The molecule has 2 aromatic heterocycles. The van der Waals surface area contributed by atoms with Gasteiger partial charge in [-0.15, -0.1) is 0 Å². The molecule has 1 aromatic carbocycles. The van der Waals surface area contributed by atoms with Crippen molar-refractivity contribution in [3.05, 3.63) is 40.5 Å². The van der Waals surface area contributed by atoms with Gasteiger partial charge in [0.15, 0.2) is 12.4 Å². The first-order valence-corrected chi connectivity index (χ1v) is 13.7. The molecule has 2 aliphatic rings. The summed E-state index contributed by atoms with van der Waals surface area (Å²) in [6, 6.07) is 5.88. The maximum atomic E-state index is 13.1. The average Bonchev–Trinajstić information content (AvgIpc) is 3.44. The van der Waals surface area contributed by atoms with E-state index in [1.165, 1.54) is 24.2 Å². The Labute approximate surface area is 214 Å². The number of hydrogen-bond donors (Lipinski definition) is 0. The van der Waals surface area contributed by atoms with Crippen LogP contribution >= 0.6 is 11.3 Å². The number of carbonyl (C=O) groups is 1. The summed E-state index contributed by atoms with van der Waals surface area (Å²) in [6.45, 7) is 2.99. The van der Waals surface area contributed by atoms with Crippen molar-refractivity contribution in [2.24, 2.45) is 18.9 Å². The number of ether oxygens (including phenoxy) is 1. The van der Waals surface area contributed by atoms with E-state index in [1.54, 1.807) is 4.68 Å². The topological polar surface area (TPSA) is 60.2 Å². The number of thiazole rings is 1. The average molecular weight is 517 g/mol. The second-order valence-electron chi connectivity index (χ2n) is 10.5. The van der Waals surface area contributed by atoms with E-state index in [0.717, 1.165) is 79.3 Å². The van der Waals surface area contributed by atoms with Crippen molar-refractivity contribution >= 4 is 28.0 Å². The Bertz CT molecular complexity index is 1210. The standard InChI is InChI=1S/C27H34F2N4O2S/c1-27(28,29)17-35-26-31-22-16-33(13-11-24(22)36-26)12-10-18-6-8-19(9-7-18)14-23(34)21-5-3-4-20-15-30-32(2)25(20)21/h3-5,15,18-19H,6-14,16-17H2,1-2H3. The van der Waals surface area contributed by atoms with Crippen molar-refractivity contribution in [3.63, 3.8) is 0 Å². The van der Waals surface area contributed by atoms with Crippen LogP contribution in [0.4, 0.5) is 8.78 Å². The van der Waals surface area contributed by atoms with E-state index in [4.69, 9.17) is 4.74 Å². The van der Waals surface area contributed by atoms with Gasteiger partial charge in [0.2, 0.25) is 0 Å². The number of para-hydroxylation sites is 1. The Morgan fingerprint density at radius 3 is 2.78 bits per heavy atom. The molecular weight excluding hydrogens is 482 g/mol. The van der Waals surface area contributed by atoms with Gasteiger partial charge in [0.1, 0.15) is 0 Å². The molecule has 0 spiro atoms. The van der Waals surface area contributed by atoms with Crippen LogP contribution in [0.5, 0.6) is 5.19 Å². The molecule has 1 aliphatic heterocycles. The number of rotatable bonds is 9. The SMILES string of the molecule is Cn1ncc2cccc(C(=O)CC3CCC(CCN4CCc5sc(OCC(C)(F)F)nc5C4)CC3)c21. The molecule has 6 nitrogen and oxygen atoms in total. The Morgan fingerprint density at radius 2 is 2.00 bits per heavy atom. The monoisotopic (exact) mass is 516 g/mol. The van der Waals surface area contributed by atoms with Crippen molar-refractivity contribution in [2.75, 3.05) is 19.7 Å². The molecular formula is C27H34F2N4O2S. The van der Waals surface area contributed by atoms with Crippen LogP contribution in [0.2, 0.25) is 0 Å². The highest BCUT2D eigenvalue weighted by Crippen LogP contribution is 2.35. The fourth-order valence-corrected chi connectivity index (χ4v) is 6.50. The Hall–Kier alpha value is -2.39. The zero-order chi connectivity index (χ0) is 25.3. The van der Waals surface area contributed by atoms with Crippen LogP contribution in [0.15, 0.2) is 24.4 Å². The molecule has 3 aromatic rings. The zero-order valence-electron chi connectivity index (χ0n) is 21.0. The lowest BCUT2D eigenvalue weighted by molar-refractivity contribution is -0.0230. The summed E-state index contributed by atoms with van der Waals surface area (Å²) in [5.41, 5.74) is 2.70. The first-order valence-electron chi connectivity index (χ1n) is 12.9. The molecule has 1 aliphatic carbocycles. The molecule has 0 unspecified atom stereocenters. The number of carbonyl (C=O) groups excluding carboxylic acids is 1. The number of nitrogens with zero attached hydrogens (tertiary/aromatic N) is 4. The molecule has 1 saturated carbocycles. The Kier molecular flexibility index (Phi) is 7.40. The van der Waals surface area contributed by atoms with Crippen molar-refractivity contribution < 1.29 is 18.3 Å². The van der Waals surface area contributed by atoms with Gasteiger partial charge < -0.3 is 4.74 Å². The lowest BCUT2D eigenvalue weighted by atomic mass is 9.78. The third kappa shape index (κ3) is 5.94. The molecule has 194 valence electrons. The van der Waals surface area contributed by atoms with Gasteiger partial charge in [0.05, 0.1) is 17.4 Å². The molecule has 0 radical (unpaired) electrons. The largest absolute Gasteiger partial charge is 0.464 e. The summed E-state index contributed by atoms with van der Waals surface area (Å²) in [7, 11) is 1.89. The Balaban J connectivity index is 1.06. The molecule has 36 heavy (non-hydrogen) atoms. The molecule has 1 fully saturated rings. The first kappa shape index (κ1) is 25.3. The smallest absolute Gasteiger partial charge is 0.278 e. The normalized spacial score (nSPS) is 21.0. The molecule has 0 bridgehead atoms. The number of Topliss-reactive ketones (excluding diaryl/α,β-unsaturated/α-hetero) is 1. The van der Waals surface area contributed by atoms with E-state index in [1.807, 2.05) is 31.4 Å². The highest BCUT2D eigenvalue weighted by atomic mass is 32.1. The number of hydrogen-bond acceptors (Lipinski definition) is 6. The van der Waals surface area contributed by atoms with E-state index < -0.39 is 12.5 Å². The highest BCUT2D eigenvalue weighted by Gasteiger charge is 2.27. The van der Waals surface area contributed by atoms with Gasteiger partial charge in [0, 0.05) is 49.3 Å². The van der Waals surface area contributed by atoms with Gasteiger partial charge in [-0.2, -0.15) is 5.10 Å². The van der Waals surface area contributed by atoms with Gasteiger partial charge in [-0.1, -0.05) is 36.3 Å². The molecule has 5 rings (SSSR count). The van der Waals surface area contributed by atoms with Gasteiger partial charge in [-0.25, -0.2) is 13.8 Å². The second-order valence-corrected chi connectivity index (χ2v) is 11.6. The predicted octanol–water partition coefficient (Wildman–Crippen LogP) is 5.89. The second kappa shape index (κ2) is 10.5. The number of aryl methyl sites for hydroxylation is 1. The van der Waals surface area contributed by atoms with E-state index in [2.05, 4.69) is 15.0 Å². The van der Waals surface area contributed by atoms with Crippen LogP contribution in [0.3, 0.4) is 0 Å². The van der Waals surface area contributed by atoms with E-state index >= 15 is 0 Å². The van der Waals surface area contributed by atoms with Crippen LogP contribution in [0, 0.1) is 11.8 Å². The van der Waals surface area contributed by atoms with Gasteiger partial charge in [-0.05, 0) is 50.1 Å². The van der Waals surface area contributed by atoms with Crippen LogP contribution in [-0.4, -0.2) is 51.1 Å². The third-order valence-electron chi connectivity index (χ3n) is 7.59. The van der Waals surface area contributed by atoms with Gasteiger partial charge in [-0.3, -0.25) is 14.4 Å². The van der Waals surface area contributed by atoms with Crippen molar-refractivity contribution in [1.29, 1.82) is 0 Å². The van der Waals surface area contributed by atoms with Gasteiger partial charge >= 0.3 is 0 Å². The summed E-state index contributed by atoms with van der Waals surface area (Å²) >= 11 is 1.40. The maximum absolute atomic E-state index is 13.1. The molecule has 0 amide bonds. The van der Waals surface area contributed by atoms with E-state index in [-0.39, 0.29) is 5.78 Å². The van der Waals surface area contributed by atoms with Gasteiger partial charge in [0.25, 0.3) is 11.1 Å². The van der Waals surface area contributed by atoms with E-state index in [9.17, 15) is 13.6 Å². The quantitative estimate of drug-likeness (QED) is 0.332. The minimum Gasteiger partial charge on any atom is -0.464 e. The molecule has 0 atom stereocenters. The summed E-state index contributed by atoms with van der Waals surface area (Å²) in [5.74, 6) is -1.47. The van der Waals surface area contributed by atoms with Crippen LogP contribution in [0.25, 0.3) is 10.9 Å². The third-order valence-corrected chi connectivity index (χ3v) is 8.66. The fourth-order valence-electron chi connectivity index (χ4n) is 5.59. The predicted molar refractivity (Wildman–Crippen MR) is 137 cm³/mol. The molecule has 3 heterocycles. The number of alkyl halides is 2. The summed E-state index contributed by atoms with van der Waals surface area (Å²) in [4.78, 5) is 21.1. The van der Waals surface area contributed by atoms with Crippen molar-refractivity contribution in [2.45, 2.75) is 64.3 Å². The van der Waals surface area contributed by atoms with E-state index in [0.29, 0.717) is 23.5 Å². The van der Waals surface area contributed by atoms with Crippen molar-refractivity contribution in [1.82, 2.24) is 19.7 Å². The number of ketones is 1. The Morgan fingerprint density at radius 1 is 1.22 bits per heavy atom. The minimum atomic E-state index is -2.85. The highest BCUT2D eigenvalue weighted by molar-refractivity contribution is 7.13. The number of fused-ring (bicyclic) bond motifs is 2. The zero-order valence-corrected chi connectivity index (χ0v) is 21.8.